The van der Waals surface area contributed by atoms with E-state index in [0.29, 0.717) is 0 Å². The molecule has 0 saturated heterocycles. The van der Waals surface area contributed by atoms with Crippen LogP contribution < -0.4 is 10.1 Å². The number of likely N-dealkylation sites (N-methyl/N-ethyl adjacent to an activating group) is 1. The lowest BCUT2D eigenvalue weighted by molar-refractivity contribution is -0.129. The molecule has 18 heavy (non-hydrogen) atoms. The Morgan fingerprint density at radius 3 is 2.00 bits per heavy atom. The zero-order chi connectivity index (χ0) is 14.0. The van der Waals surface area contributed by atoms with Crippen LogP contribution in [0.1, 0.15) is 40.5 Å². The zero-order valence-corrected chi connectivity index (χ0v) is 12.1. The van der Waals surface area contributed by atoms with Gasteiger partial charge < -0.3 is 10.1 Å². The number of para-hydroxylation sites is 1. The molecule has 102 valence electrons. The molecule has 0 spiro atoms. The van der Waals surface area contributed by atoms with Crippen LogP contribution in [0.15, 0.2) is 30.3 Å². The molecule has 3 nitrogen and oxygen atoms in total. The molecule has 0 radical (unpaired) electrons. The number of amides is 1. The molecule has 3 heteroatoms. The van der Waals surface area contributed by atoms with Gasteiger partial charge in [0.2, 0.25) is 0 Å². The van der Waals surface area contributed by atoms with Crippen molar-refractivity contribution in [3.8, 4) is 5.75 Å². The van der Waals surface area contributed by atoms with Crippen LogP contribution in [0.5, 0.6) is 5.75 Å². The quantitative estimate of drug-likeness (QED) is 0.894. The molecule has 1 amide bonds. The molecule has 1 aliphatic carbocycles. The van der Waals surface area contributed by atoms with E-state index >= 15 is 0 Å². The Hall–Kier alpha value is -1.51. The minimum atomic E-state index is -0.587. The van der Waals surface area contributed by atoms with Crippen molar-refractivity contribution in [1.29, 1.82) is 0 Å². The molecule has 1 aromatic carbocycles. The van der Waals surface area contributed by atoms with Gasteiger partial charge in [0.1, 0.15) is 5.75 Å². The predicted octanol–water partition coefficient (Wildman–Crippen LogP) is 3.40. The van der Waals surface area contributed by atoms with E-state index < -0.39 is 5.60 Å². The summed E-state index contributed by atoms with van der Waals surface area (Å²) in [4.78, 5) is 11.5. The van der Waals surface area contributed by atoms with Gasteiger partial charge >= 0.3 is 0 Å². The SMILES string of the molecule is CC.CC.CNC(=O)C1(Oc2ccccc2)CC1. The number of hydrogen-bond donors (Lipinski definition) is 1. The second-order valence-corrected chi connectivity index (χ2v) is 3.49. The highest BCUT2D eigenvalue weighted by atomic mass is 16.5. The number of nitrogens with one attached hydrogen (secondary N) is 1. The molecule has 1 fully saturated rings. The largest absolute Gasteiger partial charge is 0.477 e. The molecule has 2 rings (SSSR count). The van der Waals surface area contributed by atoms with Gasteiger partial charge in [-0.3, -0.25) is 4.79 Å². The monoisotopic (exact) mass is 251 g/mol. The molecular weight excluding hydrogens is 226 g/mol. The number of benzene rings is 1. The van der Waals surface area contributed by atoms with Crippen LogP contribution in [0.25, 0.3) is 0 Å². The second kappa shape index (κ2) is 8.56. The van der Waals surface area contributed by atoms with Crippen molar-refractivity contribution in [2.45, 2.75) is 46.1 Å². The van der Waals surface area contributed by atoms with Crippen molar-refractivity contribution in [2.75, 3.05) is 7.05 Å². The topological polar surface area (TPSA) is 38.3 Å². The van der Waals surface area contributed by atoms with Crippen LogP contribution in [0.4, 0.5) is 0 Å². The lowest BCUT2D eigenvalue weighted by atomic mass is 10.3. The minimum Gasteiger partial charge on any atom is -0.477 e. The first-order chi connectivity index (χ1) is 8.77. The van der Waals surface area contributed by atoms with Crippen molar-refractivity contribution in [2.24, 2.45) is 0 Å². The standard InChI is InChI=1S/C11H13NO2.2C2H6/c1-12-10(13)11(7-8-11)14-9-5-3-2-4-6-9;2*1-2/h2-6H,7-8H2,1H3,(H,12,13);2*1-2H3. The number of hydrogen-bond acceptors (Lipinski definition) is 2. The molecule has 0 atom stereocenters. The summed E-state index contributed by atoms with van der Waals surface area (Å²) in [7, 11) is 1.64. The van der Waals surface area contributed by atoms with Crippen LogP contribution in [0.3, 0.4) is 0 Å². The predicted molar refractivity (Wildman–Crippen MR) is 75.8 cm³/mol. The fraction of sp³-hybridized carbons (Fsp3) is 0.533. The first-order valence-electron chi connectivity index (χ1n) is 6.73. The first kappa shape index (κ1) is 16.5. The number of carbonyl (C=O) groups is 1. The third kappa shape index (κ3) is 4.40. The van der Waals surface area contributed by atoms with Gasteiger partial charge in [0, 0.05) is 19.9 Å². The van der Waals surface area contributed by atoms with Crippen LogP contribution in [-0.4, -0.2) is 18.6 Å². The Morgan fingerprint density at radius 1 is 1.11 bits per heavy atom. The maximum absolute atomic E-state index is 11.5. The zero-order valence-electron chi connectivity index (χ0n) is 12.1. The summed E-state index contributed by atoms with van der Waals surface area (Å²) in [5.74, 6) is 0.731. The highest BCUT2D eigenvalue weighted by molar-refractivity contribution is 5.88. The maximum atomic E-state index is 11.5. The molecule has 1 N–H and O–H groups in total. The Bertz CT molecular complexity index is 332. The summed E-state index contributed by atoms with van der Waals surface area (Å²) in [6.45, 7) is 8.00. The Balaban J connectivity index is 0.000000659. The van der Waals surface area contributed by atoms with Crippen molar-refractivity contribution < 1.29 is 9.53 Å². The normalized spacial score (nSPS) is 14.1. The third-order valence-corrected chi connectivity index (χ3v) is 2.40. The number of carbonyl (C=O) groups excluding carboxylic acids is 1. The van der Waals surface area contributed by atoms with Crippen molar-refractivity contribution in [3.05, 3.63) is 30.3 Å². The Kier molecular flexibility index (Phi) is 7.84. The van der Waals surface area contributed by atoms with E-state index in [1.807, 2.05) is 58.0 Å². The van der Waals surface area contributed by atoms with Crippen molar-refractivity contribution in [1.82, 2.24) is 5.32 Å². The molecule has 0 aliphatic heterocycles. The van der Waals surface area contributed by atoms with E-state index in [1.165, 1.54) is 0 Å². The highest BCUT2D eigenvalue weighted by Crippen LogP contribution is 2.40. The van der Waals surface area contributed by atoms with Gasteiger partial charge in [0.05, 0.1) is 0 Å². The molecule has 0 heterocycles. The second-order valence-electron chi connectivity index (χ2n) is 3.49. The number of ether oxygens (including phenoxy) is 1. The van der Waals surface area contributed by atoms with E-state index in [0.717, 1.165) is 18.6 Å². The van der Waals surface area contributed by atoms with E-state index in [9.17, 15) is 4.79 Å². The van der Waals surface area contributed by atoms with Gasteiger partial charge in [0.25, 0.3) is 5.91 Å². The van der Waals surface area contributed by atoms with Gasteiger partial charge in [0.15, 0.2) is 5.60 Å². The molecule has 1 aliphatic rings. The van der Waals surface area contributed by atoms with Crippen molar-refractivity contribution in [3.63, 3.8) is 0 Å². The summed E-state index contributed by atoms with van der Waals surface area (Å²) >= 11 is 0. The van der Waals surface area contributed by atoms with E-state index in [-0.39, 0.29) is 5.91 Å². The van der Waals surface area contributed by atoms with Gasteiger partial charge in [-0.25, -0.2) is 0 Å². The lowest BCUT2D eigenvalue weighted by Gasteiger charge is -2.15. The fourth-order valence-corrected chi connectivity index (χ4v) is 1.43. The molecule has 1 saturated carbocycles. The van der Waals surface area contributed by atoms with Gasteiger partial charge in [-0.2, -0.15) is 0 Å². The molecular formula is C15H25NO2. The summed E-state index contributed by atoms with van der Waals surface area (Å²) < 4.78 is 5.65. The molecule has 1 aromatic rings. The van der Waals surface area contributed by atoms with E-state index in [4.69, 9.17) is 4.74 Å². The van der Waals surface area contributed by atoms with Crippen LogP contribution in [0, 0.1) is 0 Å². The lowest BCUT2D eigenvalue weighted by Crippen LogP contribution is -2.38. The molecule has 0 bridgehead atoms. The van der Waals surface area contributed by atoms with Crippen LogP contribution in [-0.2, 0) is 4.79 Å². The average Bonchev–Trinajstić information content (AvgIpc) is 3.24. The van der Waals surface area contributed by atoms with E-state index in [1.54, 1.807) is 7.05 Å². The van der Waals surface area contributed by atoms with Gasteiger partial charge in [-0.05, 0) is 12.1 Å². The summed E-state index contributed by atoms with van der Waals surface area (Å²) in [5, 5.41) is 2.62. The minimum absolute atomic E-state index is 0.0265. The first-order valence-corrected chi connectivity index (χ1v) is 6.73. The molecule has 0 unspecified atom stereocenters. The third-order valence-electron chi connectivity index (χ3n) is 2.40. The summed E-state index contributed by atoms with van der Waals surface area (Å²) in [6.07, 6.45) is 1.61. The van der Waals surface area contributed by atoms with Gasteiger partial charge in [-0.15, -0.1) is 0 Å². The Labute approximate surface area is 111 Å². The smallest absolute Gasteiger partial charge is 0.263 e. The summed E-state index contributed by atoms with van der Waals surface area (Å²) in [6, 6.07) is 9.45. The number of rotatable bonds is 3. The average molecular weight is 251 g/mol. The van der Waals surface area contributed by atoms with Crippen LogP contribution in [0.2, 0.25) is 0 Å². The van der Waals surface area contributed by atoms with Gasteiger partial charge in [-0.1, -0.05) is 45.9 Å². The molecule has 0 aromatic heterocycles. The fourth-order valence-electron chi connectivity index (χ4n) is 1.43. The highest BCUT2D eigenvalue weighted by Gasteiger charge is 2.52. The maximum Gasteiger partial charge on any atom is 0.263 e. The van der Waals surface area contributed by atoms with Crippen molar-refractivity contribution >= 4 is 5.91 Å². The van der Waals surface area contributed by atoms with Crippen LogP contribution >= 0.6 is 0 Å². The summed E-state index contributed by atoms with van der Waals surface area (Å²) in [5.41, 5.74) is -0.587. The van der Waals surface area contributed by atoms with E-state index in [2.05, 4.69) is 5.32 Å². The Morgan fingerprint density at radius 2 is 1.61 bits per heavy atom.